The lowest BCUT2D eigenvalue weighted by Crippen LogP contribution is -2.24. The Balaban J connectivity index is 1.58. The molecule has 0 radical (unpaired) electrons. The highest BCUT2D eigenvalue weighted by atomic mass is 35.5. The summed E-state index contributed by atoms with van der Waals surface area (Å²) >= 11 is 6.12. The third kappa shape index (κ3) is 3.78. The number of hydrogen-bond acceptors (Lipinski definition) is 6. The summed E-state index contributed by atoms with van der Waals surface area (Å²) in [7, 11) is 5.51. The number of carbonyl (C=O) groups is 1. The molecule has 1 atom stereocenters. The van der Waals surface area contributed by atoms with E-state index in [1.54, 1.807) is 30.2 Å². The predicted octanol–water partition coefficient (Wildman–Crippen LogP) is 3.99. The van der Waals surface area contributed by atoms with Gasteiger partial charge < -0.3 is 19.1 Å². The Morgan fingerprint density at radius 2 is 2.07 bits per heavy atom. The van der Waals surface area contributed by atoms with Crippen LogP contribution in [0, 0.1) is 0 Å². The molecule has 1 unspecified atom stereocenters. The second kappa shape index (κ2) is 7.75. The number of ether oxygens (including phenoxy) is 1. The predicted molar refractivity (Wildman–Crippen MR) is 112 cm³/mol. The molecule has 0 bridgehead atoms. The van der Waals surface area contributed by atoms with E-state index in [4.69, 9.17) is 20.9 Å². The van der Waals surface area contributed by atoms with Crippen molar-refractivity contribution < 1.29 is 14.1 Å². The molecule has 1 saturated heterocycles. The lowest BCUT2D eigenvalue weighted by molar-refractivity contribution is -0.117. The summed E-state index contributed by atoms with van der Waals surface area (Å²) in [4.78, 5) is 20.9. The van der Waals surface area contributed by atoms with Crippen LogP contribution < -0.4 is 14.5 Å². The Morgan fingerprint density at radius 1 is 1.24 bits per heavy atom. The summed E-state index contributed by atoms with van der Waals surface area (Å²) in [6.45, 7) is 0.437. The molecule has 1 amide bonds. The smallest absolute Gasteiger partial charge is 0.258 e. The molecule has 1 fully saturated rings. The molecule has 1 aliphatic rings. The first-order valence-electron chi connectivity index (χ1n) is 9.21. The second-order valence-corrected chi connectivity index (χ2v) is 7.56. The van der Waals surface area contributed by atoms with E-state index < -0.39 is 0 Å². The van der Waals surface area contributed by atoms with Gasteiger partial charge in [0.15, 0.2) is 5.82 Å². The van der Waals surface area contributed by atoms with Gasteiger partial charge in [-0.05, 0) is 36.4 Å². The lowest BCUT2D eigenvalue weighted by Gasteiger charge is -2.19. The van der Waals surface area contributed by atoms with Crippen molar-refractivity contribution in [2.45, 2.75) is 12.3 Å². The molecular weight excluding hydrogens is 392 g/mol. The topological polar surface area (TPSA) is 71.7 Å². The van der Waals surface area contributed by atoms with Gasteiger partial charge in [-0.1, -0.05) is 22.8 Å². The van der Waals surface area contributed by atoms with Gasteiger partial charge in [-0.3, -0.25) is 4.79 Å². The summed E-state index contributed by atoms with van der Waals surface area (Å²) in [5.74, 6) is 1.36. The normalized spacial score (nSPS) is 16.3. The number of rotatable bonds is 5. The number of hydrogen-bond donors (Lipinski definition) is 0. The molecule has 0 saturated carbocycles. The zero-order chi connectivity index (χ0) is 20.5. The Bertz CT molecular complexity index is 1050. The molecule has 3 aromatic rings. The number of methoxy groups -OCH3 is 1. The fraction of sp³-hybridized carbons (Fsp3) is 0.286. The van der Waals surface area contributed by atoms with Crippen LogP contribution in [-0.2, 0) is 4.79 Å². The third-order valence-corrected chi connectivity index (χ3v) is 5.21. The van der Waals surface area contributed by atoms with Crippen molar-refractivity contribution in [3.05, 3.63) is 53.3 Å². The van der Waals surface area contributed by atoms with Crippen molar-refractivity contribution in [3.8, 4) is 17.2 Å². The van der Waals surface area contributed by atoms with Crippen LogP contribution >= 0.6 is 11.6 Å². The van der Waals surface area contributed by atoms with Crippen LogP contribution in [0.4, 0.5) is 11.4 Å². The van der Waals surface area contributed by atoms with Gasteiger partial charge in [-0.25, -0.2) is 0 Å². The highest BCUT2D eigenvalue weighted by Crippen LogP contribution is 2.37. The van der Waals surface area contributed by atoms with Crippen LogP contribution in [0.2, 0.25) is 5.02 Å². The van der Waals surface area contributed by atoms with Gasteiger partial charge in [0, 0.05) is 49.3 Å². The number of aromatic nitrogens is 2. The maximum Gasteiger partial charge on any atom is 0.258 e. The first-order chi connectivity index (χ1) is 14.0. The Kier molecular flexibility index (Phi) is 5.15. The average Bonchev–Trinajstić information content (AvgIpc) is 3.35. The monoisotopic (exact) mass is 412 g/mol. The Labute approximate surface area is 173 Å². The van der Waals surface area contributed by atoms with Gasteiger partial charge in [-0.15, -0.1) is 0 Å². The van der Waals surface area contributed by atoms with Crippen LogP contribution in [-0.4, -0.2) is 43.8 Å². The molecule has 2 heterocycles. The van der Waals surface area contributed by atoms with Crippen molar-refractivity contribution in [2.24, 2.45) is 0 Å². The Hall–Kier alpha value is -3.06. The maximum absolute atomic E-state index is 12.7. The maximum atomic E-state index is 12.7. The number of halogens is 1. The molecule has 8 heteroatoms. The van der Waals surface area contributed by atoms with Crippen LogP contribution in [0.25, 0.3) is 11.5 Å². The molecular formula is C21H21ClN4O3. The zero-order valence-corrected chi connectivity index (χ0v) is 17.2. The number of anilines is 2. The first kappa shape index (κ1) is 19.3. The van der Waals surface area contributed by atoms with Crippen LogP contribution in [0.3, 0.4) is 0 Å². The van der Waals surface area contributed by atoms with Crippen LogP contribution in [0.15, 0.2) is 47.0 Å². The first-order valence-corrected chi connectivity index (χ1v) is 9.59. The summed E-state index contributed by atoms with van der Waals surface area (Å²) in [5.41, 5.74) is 2.53. The average molecular weight is 413 g/mol. The lowest BCUT2D eigenvalue weighted by atomic mass is 10.1. The minimum atomic E-state index is -0.166. The van der Waals surface area contributed by atoms with E-state index in [0.717, 1.165) is 11.3 Å². The van der Waals surface area contributed by atoms with Crippen molar-refractivity contribution in [1.29, 1.82) is 0 Å². The minimum absolute atomic E-state index is 0.0310. The van der Waals surface area contributed by atoms with E-state index in [0.29, 0.717) is 41.1 Å². The van der Waals surface area contributed by atoms with Gasteiger partial charge >= 0.3 is 0 Å². The molecule has 4 rings (SSSR count). The molecule has 2 aromatic carbocycles. The summed E-state index contributed by atoms with van der Waals surface area (Å²) in [6.07, 6.45) is 0.298. The molecule has 7 nitrogen and oxygen atoms in total. The van der Waals surface area contributed by atoms with Gasteiger partial charge in [0.1, 0.15) is 5.75 Å². The highest BCUT2D eigenvalue weighted by molar-refractivity contribution is 6.31. The third-order valence-electron chi connectivity index (χ3n) is 4.97. The van der Waals surface area contributed by atoms with Crippen LogP contribution in [0.5, 0.6) is 5.75 Å². The molecule has 0 N–H and O–H groups in total. The molecule has 0 aliphatic carbocycles. The fourth-order valence-corrected chi connectivity index (χ4v) is 3.59. The van der Waals surface area contributed by atoms with E-state index in [2.05, 4.69) is 10.1 Å². The second-order valence-electron chi connectivity index (χ2n) is 7.12. The summed E-state index contributed by atoms with van der Waals surface area (Å²) in [5, 5.41) is 4.68. The molecule has 29 heavy (non-hydrogen) atoms. The molecule has 1 aliphatic heterocycles. The summed E-state index contributed by atoms with van der Waals surface area (Å²) in [6, 6.07) is 13.1. The van der Waals surface area contributed by atoms with Gasteiger partial charge in [-0.2, -0.15) is 4.98 Å². The SMILES string of the molecule is COc1ccc(Cl)cc1N1CC(c2noc(-c3cccc(N(C)C)c3)n2)CC1=O. The largest absolute Gasteiger partial charge is 0.495 e. The van der Waals surface area contributed by atoms with E-state index in [1.165, 1.54) is 0 Å². The molecule has 0 spiro atoms. The van der Waals surface area contributed by atoms with Gasteiger partial charge in [0.05, 0.1) is 12.8 Å². The molecule has 1 aromatic heterocycles. The number of amides is 1. The zero-order valence-electron chi connectivity index (χ0n) is 16.4. The number of carbonyl (C=O) groups excluding carboxylic acids is 1. The van der Waals surface area contributed by atoms with Crippen molar-refractivity contribution >= 4 is 28.9 Å². The minimum Gasteiger partial charge on any atom is -0.495 e. The van der Waals surface area contributed by atoms with Crippen molar-refractivity contribution in [3.63, 3.8) is 0 Å². The van der Waals surface area contributed by atoms with E-state index in [-0.39, 0.29) is 11.8 Å². The molecule has 150 valence electrons. The Morgan fingerprint density at radius 3 is 2.83 bits per heavy atom. The summed E-state index contributed by atoms with van der Waals surface area (Å²) < 4.78 is 10.9. The van der Waals surface area contributed by atoms with E-state index in [1.807, 2.05) is 43.3 Å². The highest BCUT2D eigenvalue weighted by Gasteiger charge is 2.36. The number of benzene rings is 2. The van der Waals surface area contributed by atoms with E-state index >= 15 is 0 Å². The van der Waals surface area contributed by atoms with Crippen LogP contribution in [0.1, 0.15) is 18.2 Å². The standard InChI is InChI=1S/C21H21ClN4O3/c1-25(2)16-6-4-5-13(9-16)21-23-20(24-29-21)14-10-19(27)26(12-14)17-11-15(22)7-8-18(17)28-3/h4-9,11,14H,10,12H2,1-3H3. The van der Waals surface area contributed by atoms with E-state index in [9.17, 15) is 4.79 Å². The van der Waals surface area contributed by atoms with Gasteiger partial charge in [0.2, 0.25) is 5.91 Å². The number of nitrogens with zero attached hydrogens (tertiary/aromatic N) is 4. The van der Waals surface area contributed by atoms with Crippen molar-refractivity contribution in [1.82, 2.24) is 10.1 Å². The quantitative estimate of drug-likeness (QED) is 0.631. The van der Waals surface area contributed by atoms with Crippen molar-refractivity contribution in [2.75, 3.05) is 37.5 Å². The van der Waals surface area contributed by atoms with Gasteiger partial charge in [0.25, 0.3) is 5.89 Å². The fourth-order valence-electron chi connectivity index (χ4n) is 3.42.